The summed E-state index contributed by atoms with van der Waals surface area (Å²) in [4.78, 5) is 0. The average molecular weight is 269 g/mol. The molecule has 2 nitrogen and oxygen atoms in total. The second kappa shape index (κ2) is 5.51. The fraction of sp³-hybridized carbons (Fsp3) is 0.455. The second-order valence-corrected chi connectivity index (χ2v) is 3.77. The van der Waals surface area contributed by atoms with Gasteiger partial charge in [-0.1, -0.05) is 0 Å². The van der Waals surface area contributed by atoms with Crippen molar-refractivity contribution < 1.29 is 26.7 Å². The summed E-state index contributed by atoms with van der Waals surface area (Å²) in [7, 11) is 1.22. The van der Waals surface area contributed by atoms with Gasteiger partial charge in [0.05, 0.1) is 7.11 Å². The van der Waals surface area contributed by atoms with E-state index in [1.165, 1.54) is 7.11 Å². The van der Waals surface area contributed by atoms with Gasteiger partial charge in [-0.25, -0.2) is 8.78 Å². The van der Waals surface area contributed by atoms with Crippen LogP contribution in [0.4, 0.5) is 22.0 Å². The highest BCUT2D eigenvalue weighted by Crippen LogP contribution is 2.30. The lowest BCUT2D eigenvalue weighted by Crippen LogP contribution is -2.18. The molecule has 0 saturated heterocycles. The Morgan fingerprint density at radius 2 is 1.72 bits per heavy atom. The van der Waals surface area contributed by atoms with Gasteiger partial charge in [-0.2, -0.15) is 13.2 Å². The zero-order valence-electron chi connectivity index (χ0n) is 9.52. The summed E-state index contributed by atoms with van der Waals surface area (Å²) in [5.41, 5.74) is 4.82. The van der Waals surface area contributed by atoms with E-state index in [-0.39, 0.29) is 5.75 Å². The van der Waals surface area contributed by atoms with Gasteiger partial charge in [-0.15, -0.1) is 0 Å². The Bertz CT molecular complexity index is 395. The predicted molar refractivity (Wildman–Crippen MR) is 55.1 cm³/mol. The number of hydrogen-bond acceptors (Lipinski definition) is 2. The third-order valence-electron chi connectivity index (χ3n) is 2.40. The lowest BCUT2D eigenvalue weighted by molar-refractivity contribution is -0.136. The fourth-order valence-corrected chi connectivity index (χ4v) is 1.50. The van der Waals surface area contributed by atoms with E-state index in [9.17, 15) is 22.0 Å². The normalized spacial score (nSPS) is 13.5. The van der Waals surface area contributed by atoms with Crippen LogP contribution in [0.25, 0.3) is 0 Å². The highest BCUT2D eigenvalue weighted by Gasteiger charge is 2.29. The molecule has 0 heterocycles. The molecule has 0 amide bonds. The minimum atomic E-state index is -4.41. The van der Waals surface area contributed by atoms with E-state index in [0.717, 1.165) is 12.1 Å². The van der Waals surface area contributed by atoms with Crippen LogP contribution in [0.3, 0.4) is 0 Å². The van der Waals surface area contributed by atoms with Crippen molar-refractivity contribution in [2.45, 2.75) is 25.1 Å². The van der Waals surface area contributed by atoms with E-state index >= 15 is 0 Å². The van der Waals surface area contributed by atoms with E-state index in [0.29, 0.717) is 0 Å². The maximum atomic E-state index is 13.5. The van der Waals surface area contributed by atoms with E-state index < -0.39 is 42.3 Å². The zero-order valence-corrected chi connectivity index (χ0v) is 9.52. The maximum Gasteiger partial charge on any atom is 0.389 e. The third-order valence-corrected chi connectivity index (χ3v) is 2.40. The lowest BCUT2D eigenvalue weighted by atomic mass is 10.0. The van der Waals surface area contributed by atoms with Crippen LogP contribution in [0, 0.1) is 11.6 Å². The van der Waals surface area contributed by atoms with Crippen molar-refractivity contribution in [3.05, 3.63) is 29.3 Å². The second-order valence-electron chi connectivity index (χ2n) is 3.77. The molecule has 7 heteroatoms. The van der Waals surface area contributed by atoms with Crippen molar-refractivity contribution in [3.8, 4) is 5.75 Å². The van der Waals surface area contributed by atoms with Gasteiger partial charge in [0.1, 0.15) is 17.4 Å². The minimum absolute atomic E-state index is 0.0585. The molecule has 1 rings (SSSR count). The largest absolute Gasteiger partial charge is 0.497 e. The van der Waals surface area contributed by atoms with Gasteiger partial charge in [-0.05, 0) is 6.42 Å². The van der Waals surface area contributed by atoms with Crippen LogP contribution in [0.5, 0.6) is 5.75 Å². The van der Waals surface area contributed by atoms with Crippen LogP contribution in [-0.2, 0) is 0 Å². The Labute approximate surface area is 101 Å². The van der Waals surface area contributed by atoms with Gasteiger partial charge in [0.2, 0.25) is 0 Å². The van der Waals surface area contributed by atoms with Crippen LogP contribution in [0.2, 0.25) is 0 Å². The number of nitrogens with two attached hydrogens (primary N) is 1. The number of halogens is 5. The third kappa shape index (κ3) is 3.83. The molecule has 1 unspecified atom stereocenters. The van der Waals surface area contributed by atoms with Crippen molar-refractivity contribution in [1.29, 1.82) is 0 Å². The Balaban J connectivity index is 2.89. The first-order valence-electron chi connectivity index (χ1n) is 5.10. The van der Waals surface area contributed by atoms with Crippen molar-refractivity contribution in [3.63, 3.8) is 0 Å². The molecule has 0 saturated carbocycles. The standard InChI is InChI=1S/C11H12F5NO/c1-18-6-4-7(12)10(8(13)5-6)9(17)2-3-11(14,15)16/h4-5,9H,2-3,17H2,1H3. The van der Waals surface area contributed by atoms with E-state index in [2.05, 4.69) is 4.74 Å². The maximum absolute atomic E-state index is 13.5. The predicted octanol–water partition coefficient (Wildman–Crippen LogP) is 3.32. The van der Waals surface area contributed by atoms with E-state index in [1.54, 1.807) is 0 Å². The van der Waals surface area contributed by atoms with Gasteiger partial charge in [-0.3, -0.25) is 0 Å². The van der Waals surface area contributed by atoms with Crippen molar-refractivity contribution in [2.24, 2.45) is 5.73 Å². The molecule has 102 valence electrons. The molecule has 1 atom stereocenters. The summed E-state index contributed by atoms with van der Waals surface area (Å²) in [6.07, 6.45) is -6.18. The van der Waals surface area contributed by atoms with Crippen molar-refractivity contribution in [1.82, 2.24) is 0 Å². The molecule has 2 N–H and O–H groups in total. The van der Waals surface area contributed by atoms with Gasteiger partial charge in [0.25, 0.3) is 0 Å². The monoisotopic (exact) mass is 269 g/mol. The quantitative estimate of drug-likeness (QED) is 0.851. The van der Waals surface area contributed by atoms with E-state index in [4.69, 9.17) is 5.73 Å². The number of methoxy groups -OCH3 is 1. The van der Waals surface area contributed by atoms with Gasteiger partial charge in [0, 0.05) is 30.2 Å². The summed E-state index contributed by atoms with van der Waals surface area (Å²) < 4.78 is 67.6. The molecule has 1 aromatic rings. The van der Waals surface area contributed by atoms with Gasteiger partial charge in [0.15, 0.2) is 0 Å². The van der Waals surface area contributed by atoms with Gasteiger partial charge < -0.3 is 10.5 Å². The smallest absolute Gasteiger partial charge is 0.389 e. The molecule has 0 radical (unpaired) electrons. The Kier molecular flexibility index (Phi) is 4.50. The Morgan fingerprint density at radius 3 is 2.11 bits per heavy atom. The molecule has 0 aliphatic carbocycles. The number of benzene rings is 1. The first-order chi connectivity index (χ1) is 8.24. The van der Waals surface area contributed by atoms with Crippen molar-refractivity contribution >= 4 is 0 Å². The molecule has 0 aliphatic rings. The molecule has 0 spiro atoms. The summed E-state index contributed by atoms with van der Waals surface area (Å²) in [6, 6.07) is 0.412. The zero-order chi connectivity index (χ0) is 13.9. The molecule has 0 aliphatic heterocycles. The summed E-state index contributed by atoms with van der Waals surface area (Å²) in [6.45, 7) is 0. The average Bonchev–Trinajstić information content (AvgIpc) is 2.24. The molecular formula is C11H12F5NO. The number of hydrogen-bond donors (Lipinski definition) is 1. The van der Waals surface area contributed by atoms with Crippen LogP contribution in [-0.4, -0.2) is 13.3 Å². The number of rotatable bonds is 4. The number of alkyl halides is 3. The summed E-state index contributed by atoms with van der Waals surface area (Å²) >= 11 is 0. The molecular weight excluding hydrogens is 257 g/mol. The molecule has 0 aromatic heterocycles. The summed E-state index contributed by atoms with van der Waals surface area (Å²) in [5, 5.41) is 0. The van der Waals surface area contributed by atoms with E-state index in [1.807, 2.05) is 0 Å². The highest BCUT2D eigenvalue weighted by atomic mass is 19.4. The Hall–Kier alpha value is -1.37. The minimum Gasteiger partial charge on any atom is -0.497 e. The van der Waals surface area contributed by atoms with Crippen molar-refractivity contribution in [2.75, 3.05) is 7.11 Å². The van der Waals surface area contributed by atoms with Crippen LogP contribution < -0.4 is 10.5 Å². The lowest BCUT2D eigenvalue weighted by Gasteiger charge is -2.15. The molecule has 18 heavy (non-hydrogen) atoms. The molecule has 0 fully saturated rings. The highest BCUT2D eigenvalue weighted by molar-refractivity contribution is 5.32. The Morgan fingerprint density at radius 1 is 1.22 bits per heavy atom. The molecule has 0 bridgehead atoms. The van der Waals surface area contributed by atoms with Crippen LogP contribution >= 0.6 is 0 Å². The molecule has 1 aromatic carbocycles. The fourth-order valence-electron chi connectivity index (χ4n) is 1.50. The first kappa shape index (κ1) is 14.7. The number of ether oxygens (including phenoxy) is 1. The van der Waals surface area contributed by atoms with Gasteiger partial charge >= 0.3 is 6.18 Å². The topological polar surface area (TPSA) is 35.2 Å². The summed E-state index contributed by atoms with van der Waals surface area (Å²) in [5.74, 6) is -2.08. The van der Waals surface area contributed by atoms with Crippen LogP contribution in [0.15, 0.2) is 12.1 Å². The SMILES string of the molecule is COc1cc(F)c(C(N)CCC(F)(F)F)c(F)c1. The first-order valence-corrected chi connectivity index (χ1v) is 5.10. The van der Waals surface area contributed by atoms with Crippen LogP contribution in [0.1, 0.15) is 24.4 Å².